The monoisotopic (exact) mass is 233 g/mol. The number of rotatable bonds is 3. The fourth-order valence-electron chi connectivity index (χ4n) is 2.30. The molecule has 0 bridgehead atoms. The molecule has 0 saturated carbocycles. The van der Waals surface area contributed by atoms with Crippen LogP contribution in [0.15, 0.2) is 24.5 Å². The van der Waals surface area contributed by atoms with Crippen molar-refractivity contribution in [1.29, 1.82) is 0 Å². The molecule has 1 unspecified atom stereocenters. The Bertz CT molecular complexity index is 366. The minimum atomic E-state index is -0.00315. The molecule has 92 valence electrons. The molecule has 1 aliphatic heterocycles. The number of pyridine rings is 1. The second-order valence-corrected chi connectivity index (χ2v) is 4.56. The van der Waals surface area contributed by atoms with Crippen LogP contribution in [0, 0.1) is 5.92 Å². The summed E-state index contributed by atoms with van der Waals surface area (Å²) in [5, 5.41) is 2.87. The number of hydrogen-bond donors (Lipinski definition) is 1. The van der Waals surface area contributed by atoms with Gasteiger partial charge in [0.1, 0.15) is 0 Å². The van der Waals surface area contributed by atoms with Gasteiger partial charge in [0, 0.05) is 19.3 Å². The summed E-state index contributed by atoms with van der Waals surface area (Å²) in [6.07, 6.45) is 6.91. The maximum atomic E-state index is 12.0. The van der Waals surface area contributed by atoms with Gasteiger partial charge in [0.05, 0.1) is 11.9 Å². The summed E-state index contributed by atoms with van der Waals surface area (Å²) in [6, 6.07) is 3.67. The molecule has 4 nitrogen and oxygen atoms in total. The van der Waals surface area contributed by atoms with Crippen molar-refractivity contribution in [3.8, 4) is 0 Å². The van der Waals surface area contributed by atoms with E-state index in [2.05, 4.69) is 17.2 Å². The van der Waals surface area contributed by atoms with Gasteiger partial charge in [0.25, 0.3) is 0 Å². The van der Waals surface area contributed by atoms with Gasteiger partial charge < -0.3 is 10.2 Å². The number of amides is 2. The van der Waals surface area contributed by atoms with Crippen molar-refractivity contribution in [2.75, 3.05) is 18.4 Å². The van der Waals surface area contributed by atoms with E-state index in [0.717, 1.165) is 25.2 Å². The number of urea groups is 1. The molecule has 17 heavy (non-hydrogen) atoms. The summed E-state index contributed by atoms with van der Waals surface area (Å²) in [7, 11) is 0. The van der Waals surface area contributed by atoms with E-state index in [9.17, 15) is 4.79 Å². The predicted octanol–water partition coefficient (Wildman–Crippen LogP) is 2.74. The van der Waals surface area contributed by atoms with Crippen LogP contribution in [0.1, 0.15) is 26.2 Å². The fourth-order valence-corrected chi connectivity index (χ4v) is 2.30. The van der Waals surface area contributed by atoms with Crippen molar-refractivity contribution in [3.63, 3.8) is 0 Å². The van der Waals surface area contributed by atoms with Gasteiger partial charge >= 0.3 is 6.03 Å². The van der Waals surface area contributed by atoms with Crippen molar-refractivity contribution in [1.82, 2.24) is 9.88 Å². The number of likely N-dealkylation sites (tertiary alicyclic amines) is 1. The summed E-state index contributed by atoms with van der Waals surface area (Å²) < 4.78 is 0. The van der Waals surface area contributed by atoms with E-state index in [1.54, 1.807) is 12.4 Å². The van der Waals surface area contributed by atoms with Crippen LogP contribution in [0.4, 0.5) is 10.5 Å². The first-order chi connectivity index (χ1) is 8.29. The molecular formula is C13H19N3O. The van der Waals surface area contributed by atoms with Crippen LogP contribution in [-0.2, 0) is 0 Å². The highest BCUT2D eigenvalue weighted by Crippen LogP contribution is 2.21. The number of hydrogen-bond acceptors (Lipinski definition) is 2. The molecule has 0 spiro atoms. The first kappa shape index (κ1) is 11.9. The third-order valence-electron chi connectivity index (χ3n) is 3.18. The van der Waals surface area contributed by atoms with E-state index >= 15 is 0 Å². The van der Waals surface area contributed by atoms with E-state index in [-0.39, 0.29) is 6.03 Å². The van der Waals surface area contributed by atoms with Crippen LogP contribution < -0.4 is 5.32 Å². The summed E-state index contributed by atoms with van der Waals surface area (Å²) in [5.74, 6) is 0.680. The standard InChI is InChI=1S/C13H19N3O/c1-2-4-11-6-8-16(10-11)13(17)15-12-5-3-7-14-9-12/h3,5,7,9,11H,2,4,6,8,10H2,1H3,(H,15,17). The van der Waals surface area contributed by atoms with E-state index in [1.807, 2.05) is 17.0 Å². The Labute approximate surface area is 102 Å². The Morgan fingerprint density at radius 3 is 3.24 bits per heavy atom. The quantitative estimate of drug-likeness (QED) is 0.872. The molecule has 1 aromatic heterocycles. The van der Waals surface area contributed by atoms with Gasteiger partial charge in [0.2, 0.25) is 0 Å². The Hall–Kier alpha value is -1.58. The Morgan fingerprint density at radius 2 is 2.53 bits per heavy atom. The third kappa shape index (κ3) is 3.19. The topological polar surface area (TPSA) is 45.2 Å². The van der Waals surface area contributed by atoms with Gasteiger partial charge in [0.15, 0.2) is 0 Å². The summed E-state index contributed by atoms with van der Waals surface area (Å²) >= 11 is 0. The van der Waals surface area contributed by atoms with Crippen LogP contribution in [-0.4, -0.2) is 29.0 Å². The minimum absolute atomic E-state index is 0.00315. The zero-order valence-corrected chi connectivity index (χ0v) is 10.2. The maximum Gasteiger partial charge on any atom is 0.321 e. The van der Waals surface area contributed by atoms with Crippen LogP contribution in [0.5, 0.6) is 0 Å². The van der Waals surface area contributed by atoms with Crippen LogP contribution in [0.2, 0.25) is 0 Å². The van der Waals surface area contributed by atoms with Gasteiger partial charge in [-0.25, -0.2) is 4.79 Å². The SMILES string of the molecule is CCCC1CCN(C(=O)Nc2cccnc2)C1. The molecule has 1 N–H and O–H groups in total. The van der Waals surface area contributed by atoms with Crippen LogP contribution >= 0.6 is 0 Å². The highest BCUT2D eigenvalue weighted by atomic mass is 16.2. The van der Waals surface area contributed by atoms with Crippen LogP contribution in [0.3, 0.4) is 0 Å². The molecule has 0 radical (unpaired) electrons. The Balaban J connectivity index is 1.85. The molecule has 1 aliphatic rings. The molecule has 1 saturated heterocycles. The lowest BCUT2D eigenvalue weighted by molar-refractivity contribution is 0.220. The molecule has 2 heterocycles. The lowest BCUT2D eigenvalue weighted by atomic mass is 10.0. The van der Waals surface area contributed by atoms with Gasteiger partial charge in [-0.05, 0) is 30.9 Å². The zero-order valence-electron chi connectivity index (χ0n) is 10.2. The van der Waals surface area contributed by atoms with Crippen molar-refractivity contribution in [2.24, 2.45) is 5.92 Å². The lowest BCUT2D eigenvalue weighted by Crippen LogP contribution is -2.33. The van der Waals surface area contributed by atoms with Gasteiger partial charge in [-0.2, -0.15) is 0 Å². The fraction of sp³-hybridized carbons (Fsp3) is 0.538. The molecule has 0 aliphatic carbocycles. The third-order valence-corrected chi connectivity index (χ3v) is 3.18. The van der Waals surface area contributed by atoms with Crippen molar-refractivity contribution in [2.45, 2.75) is 26.2 Å². The second kappa shape index (κ2) is 5.66. The zero-order chi connectivity index (χ0) is 12.1. The molecular weight excluding hydrogens is 214 g/mol. The average Bonchev–Trinajstić information content (AvgIpc) is 2.79. The first-order valence-electron chi connectivity index (χ1n) is 6.25. The van der Waals surface area contributed by atoms with Gasteiger partial charge in [-0.3, -0.25) is 4.98 Å². The molecule has 1 fully saturated rings. The molecule has 2 amide bonds. The smallest absolute Gasteiger partial charge is 0.321 e. The number of aromatic nitrogens is 1. The lowest BCUT2D eigenvalue weighted by Gasteiger charge is -2.17. The van der Waals surface area contributed by atoms with E-state index in [0.29, 0.717) is 5.92 Å². The Kier molecular flexibility index (Phi) is 3.96. The second-order valence-electron chi connectivity index (χ2n) is 4.56. The maximum absolute atomic E-state index is 12.0. The van der Waals surface area contributed by atoms with E-state index < -0.39 is 0 Å². The van der Waals surface area contributed by atoms with Crippen molar-refractivity contribution >= 4 is 11.7 Å². The van der Waals surface area contributed by atoms with Crippen molar-refractivity contribution < 1.29 is 4.79 Å². The van der Waals surface area contributed by atoms with Gasteiger partial charge in [-0.1, -0.05) is 13.3 Å². The number of nitrogens with zero attached hydrogens (tertiary/aromatic N) is 2. The number of nitrogens with one attached hydrogen (secondary N) is 1. The van der Waals surface area contributed by atoms with Crippen LogP contribution in [0.25, 0.3) is 0 Å². The summed E-state index contributed by atoms with van der Waals surface area (Å²) in [6.45, 7) is 3.95. The largest absolute Gasteiger partial charge is 0.324 e. The molecule has 1 aromatic rings. The Morgan fingerprint density at radius 1 is 1.65 bits per heavy atom. The summed E-state index contributed by atoms with van der Waals surface area (Å²) in [4.78, 5) is 17.8. The first-order valence-corrected chi connectivity index (χ1v) is 6.25. The van der Waals surface area contributed by atoms with E-state index in [1.165, 1.54) is 12.8 Å². The number of anilines is 1. The highest BCUT2D eigenvalue weighted by Gasteiger charge is 2.25. The molecule has 4 heteroatoms. The number of carbonyl (C=O) groups is 1. The van der Waals surface area contributed by atoms with Gasteiger partial charge in [-0.15, -0.1) is 0 Å². The predicted molar refractivity (Wildman–Crippen MR) is 67.8 cm³/mol. The average molecular weight is 233 g/mol. The highest BCUT2D eigenvalue weighted by molar-refractivity contribution is 5.89. The molecule has 0 aromatic carbocycles. The molecule has 1 atom stereocenters. The number of carbonyl (C=O) groups excluding carboxylic acids is 1. The normalized spacial score (nSPS) is 19.4. The molecule has 2 rings (SSSR count). The summed E-state index contributed by atoms with van der Waals surface area (Å²) in [5.41, 5.74) is 0.761. The minimum Gasteiger partial charge on any atom is -0.324 e. The van der Waals surface area contributed by atoms with E-state index in [4.69, 9.17) is 0 Å². The van der Waals surface area contributed by atoms with Crippen molar-refractivity contribution in [3.05, 3.63) is 24.5 Å².